The summed E-state index contributed by atoms with van der Waals surface area (Å²) in [5.74, 6) is 0.762. The molecule has 7 nitrogen and oxygen atoms in total. The van der Waals surface area contributed by atoms with E-state index in [2.05, 4.69) is 5.32 Å². The number of benzene rings is 2. The first-order valence-corrected chi connectivity index (χ1v) is 12.1. The normalized spacial score (nSPS) is 11.8. The number of carbonyl (C=O) groups is 1. The third kappa shape index (κ3) is 6.37. The number of hydrogen-bond donors (Lipinski definition) is 1. The molecular weight excluding hydrogens is 452 g/mol. The number of hydrogen-bond acceptors (Lipinski definition) is 5. The lowest BCUT2D eigenvalue weighted by molar-refractivity contribution is 0.0950. The summed E-state index contributed by atoms with van der Waals surface area (Å²) in [6.45, 7) is 8.36. The molecule has 2 aromatic carbocycles. The molecule has 0 atom stereocenters. The highest BCUT2D eigenvalue weighted by atomic mass is 35.5. The van der Waals surface area contributed by atoms with Crippen LogP contribution in [0.3, 0.4) is 0 Å². The lowest BCUT2D eigenvalue weighted by Gasteiger charge is -2.21. The van der Waals surface area contributed by atoms with Crippen LogP contribution in [0.2, 0.25) is 5.02 Å². The van der Waals surface area contributed by atoms with Crippen LogP contribution in [-0.4, -0.2) is 45.4 Å². The van der Waals surface area contributed by atoms with Gasteiger partial charge in [0.25, 0.3) is 5.91 Å². The summed E-state index contributed by atoms with van der Waals surface area (Å²) >= 11 is 6.32. The molecule has 0 bridgehead atoms. The molecule has 2 rings (SSSR count). The Kier molecular flexibility index (Phi) is 8.95. The summed E-state index contributed by atoms with van der Waals surface area (Å²) in [5.41, 5.74) is 1.10. The number of sulfonamides is 1. The van der Waals surface area contributed by atoms with Gasteiger partial charge in [0, 0.05) is 25.2 Å². The fraction of sp³-hybridized carbons (Fsp3) is 0.435. The summed E-state index contributed by atoms with van der Waals surface area (Å²) in [6.07, 6.45) is 0. The van der Waals surface area contributed by atoms with E-state index < -0.39 is 10.0 Å². The van der Waals surface area contributed by atoms with Crippen LogP contribution in [0.4, 0.5) is 0 Å². The maximum Gasteiger partial charge on any atom is 0.251 e. The van der Waals surface area contributed by atoms with E-state index in [1.54, 1.807) is 25.2 Å². The second kappa shape index (κ2) is 11.0. The van der Waals surface area contributed by atoms with Gasteiger partial charge in [0.1, 0.15) is 0 Å². The number of halogens is 1. The number of nitrogens with one attached hydrogen (secondary N) is 1. The molecule has 176 valence electrons. The van der Waals surface area contributed by atoms with Crippen LogP contribution < -0.4 is 14.8 Å². The molecule has 0 saturated carbocycles. The van der Waals surface area contributed by atoms with Crippen molar-refractivity contribution < 1.29 is 22.7 Å². The van der Waals surface area contributed by atoms with Crippen LogP contribution in [0.25, 0.3) is 0 Å². The molecule has 0 aliphatic carbocycles. The number of nitrogens with zero attached hydrogens (tertiary/aromatic N) is 1. The molecule has 32 heavy (non-hydrogen) atoms. The van der Waals surface area contributed by atoms with Crippen LogP contribution in [0.5, 0.6) is 11.5 Å². The first-order chi connectivity index (χ1) is 15.0. The molecule has 0 saturated heterocycles. The Bertz CT molecular complexity index is 1040. The maximum absolute atomic E-state index is 12.6. The average Bonchev–Trinajstić information content (AvgIpc) is 2.75. The summed E-state index contributed by atoms with van der Waals surface area (Å²) in [6, 6.07) is 9.40. The molecule has 0 unspecified atom stereocenters. The monoisotopic (exact) mass is 482 g/mol. The topological polar surface area (TPSA) is 84.9 Å². The van der Waals surface area contributed by atoms with Gasteiger partial charge in [-0.15, -0.1) is 0 Å². The Labute approximate surface area is 195 Å². The van der Waals surface area contributed by atoms with Crippen molar-refractivity contribution >= 4 is 27.5 Å². The summed E-state index contributed by atoms with van der Waals surface area (Å²) in [5, 5.41) is 3.10. The molecule has 0 fully saturated rings. The predicted octanol–water partition coefficient (Wildman–Crippen LogP) is 4.34. The van der Waals surface area contributed by atoms with Gasteiger partial charge in [-0.3, -0.25) is 4.79 Å². The smallest absolute Gasteiger partial charge is 0.251 e. The molecule has 0 spiro atoms. The van der Waals surface area contributed by atoms with E-state index >= 15 is 0 Å². The van der Waals surface area contributed by atoms with Crippen molar-refractivity contribution in [1.29, 1.82) is 0 Å². The van der Waals surface area contributed by atoms with Crippen LogP contribution in [-0.2, 0) is 16.6 Å². The van der Waals surface area contributed by atoms with Crippen LogP contribution >= 0.6 is 11.6 Å². The van der Waals surface area contributed by atoms with Crippen molar-refractivity contribution in [3.8, 4) is 11.5 Å². The van der Waals surface area contributed by atoms with E-state index in [-0.39, 0.29) is 23.4 Å². The minimum absolute atomic E-state index is 0.148. The first-order valence-electron chi connectivity index (χ1n) is 10.3. The molecule has 0 heterocycles. The third-order valence-corrected chi connectivity index (χ3v) is 7.16. The van der Waals surface area contributed by atoms with Gasteiger partial charge in [-0.25, -0.2) is 8.42 Å². The Morgan fingerprint density at radius 1 is 1.12 bits per heavy atom. The van der Waals surface area contributed by atoms with E-state index in [0.29, 0.717) is 34.6 Å². The summed E-state index contributed by atoms with van der Waals surface area (Å²) in [7, 11) is -0.514. The SMILES string of the molecule is COc1cc(C(=O)NCc2ccc(S(=O)(=O)N(C)C(C)C)cc2)cc(Cl)c1OCC(C)C. The first kappa shape index (κ1) is 26.0. The van der Waals surface area contributed by atoms with Crippen molar-refractivity contribution in [2.75, 3.05) is 20.8 Å². The van der Waals surface area contributed by atoms with Gasteiger partial charge in [-0.2, -0.15) is 4.31 Å². The summed E-state index contributed by atoms with van der Waals surface area (Å²) < 4.78 is 37.5. The van der Waals surface area contributed by atoms with Gasteiger partial charge >= 0.3 is 0 Å². The predicted molar refractivity (Wildman–Crippen MR) is 126 cm³/mol. The van der Waals surface area contributed by atoms with Crippen molar-refractivity contribution in [3.05, 3.63) is 52.5 Å². The Morgan fingerprint density at radius 2 is 1.75 bits per heavy atom. The zero-order valence-corrected chi connectivity index (χ0v) is 20.9. The fourth-order valence-corrected chi connectivity index (χ4v) is 4.38. The molecule has 0 radical (unpaired) electrons. The highest BCUT2D eigenvalue weighted by Gasteiger charge is 2.23. The lowest BCUT2D eigenvalue weighted by atomic mass is 10.1. The van der Waals surface area contributed by atoms with Crippen LogP contribution in [0, 0.1) is 5.92 Å². The number of amides is 1. The van der Waals surface area contributed by atoms with Gasteiger partial charge in [0.05, 0.1) is 23.6 Å². The minimum Gasteiger partial charge on any atom is -0.493 e. The third-order valence-electron chi connectivity index (χ3n) is 4.83. The molecule has 1 N–H and O–H groups in total. The van der Waals surface area contributed by atoms with Crippen molar-refractivity contribution in [3.63, 3.8) is 0 Å². The molecule has 0 aliphatic heterocycles. The van der Waals surface area contributed by atoms with Crippen LogP contribution in [0.15, 0.2) is 41.3 Å². The molecule has 0 aromatic heterocycles. The van der Waals surface area contributed by atoms with E-state index in [0.717, 1.165) is 5.56 Å². The molecule has 0 aliphatic rings. The van der Waals surface area contributed by atoms with Gasteiger partial charge < -0.3 is 14.8 Å². The molecule has 2 aromatic rings. The highest BCUT2D eigenvalue weighted by Crippen LogP contribution is 2.36. The van der Waals surface area contributed by atoms with E-state index in [1.807, 2.05) is 27.7 Å². The maximum atomic E-state index is 12.6. The van der Waals surface area contributed by atoms with Crippen molar-refractivity contribution in [2.24, 2.45) is 5.92 Å². The zero-order chi connectivity index (χ0) is 24.1. The number of ether oxygens (including phenoxy) is 2. The Balaban J connectivity index is 2.10. The van der Waals surface area contributed by atoms with Gasteiger partial charge in [-0.05, 0) is 49.6 Å². The fourth-order valence-electron chi connectivity index (χ4n) is 2.75. The highest BCUT2D eigenvalue weighted by molar-refractivity contribution is 7.89. The minimum atomic E-state index is -3.55. The zero-order valence-electron chi connectivity index (χ0n) is 19.3. The van der Waals surface area contributed by atoms with Gasteiger partial charge in [-0.1, -0.05) is 37.6 Å². The molecular formula is C23H31ClN2O5S. The van der Waals surface area contributed by atoms with E-state index in [1.165, 1.54) is 29.6 Å². The van der Waals surface area contributed by atoms with E-state index in [9.17, 15) is 13.2 Å². The number of carbonyl (C=O) groups excluding carboxylic acids is 1. The van der Waals surface area contributed by atoms with Crippen LogP contribution in [0.1, 0.15) is 43.6 Å². The number of rotatable bonds is 10. The molecule has 1 amide bonds. The summed E-state index contributed by atoms with van der Waals surface area (Å²) in [4.78, 5) is 12.8. The standard InChI is InChI=1S/C23H31ClN2O5S/c1-15(2)14-31-22-20(24)11-18(12-21(22)30-6)23(27)25-13-17-7-9-19(10-8-17)32(28,29)26(5)16(3)4/h7-12,15-16H,13-14H2,1-6H3,(H,25,27). The Morgan fingerprint density at radius 3 is 2.28 bits per heavy atom. The largest absolute Gasteiger partial charge is 0.493 e. The second-order valence-electron chi connectivity index (χ2n) is 8.14. The van der Waals surface area contributed by atoms with E-state index in [4.69, 9.17) is 21.1 Å². The Hall–Kier alpha value is -2.29. The lowest BCUT2D eigenvalue weighted by Crippen LogP contribution is -2.33. The van der Waals surface area contributed by atoms with Gasteiger partial charge in [0.2, 0.25) is 10.0 Å². The van der Waals surface area contributed by atoms with Crippen molar-refractivity contribution in [1.82, 2.24) is 9.62 Å². The van der Waals surface area contributed by atoms with Gasteiger partial charge in [0.15, 0.2) is 11.5 Å². The second-order valence-corrected chi connectivity index (χ2v) is 10.5. The van der Waals surface area contributed by atoms with Crippen molar-refractivity contribution in [2.45, 2.75) is 45.2 Å². The average molecular weight is 483 g/mol. The number of methoxy groups -OCH3 is 1. The quantitative estimate of drug-likeness (QED) is 0.544. The molecule has 9 heteroatoms.